The fraction of sp³-hybridized carbons (Fsp3) is 0.462. The first-order chi connectivity index (χ1) is 15.9. The highest BCUT2D eigenvalue weighted by atomic mass is 32.2. The van der Waals surface area contributed by atoms with E-state index in [4.69, 9.17) is 0 Å². The van der Waals surface area contributed by atoms with Gasteiger partial charge in [-0.15, -0.1) is 11.8 Å². The van der Waals surface area contributed by atoms with Gasteiger partial charge >= 0.3 is 0 Å². The van der Waals surface area contributed by atoms with E-state index in [0.29, 0.717) is 5.75 Å². The molecule has 2 aromatic carbocycles. The Labute approximate surface area is 199 Å². The van der Waals surface area contributed by atoms with Crippen molar-refractivity contribution in [1.82, 2.24) is 15.1 Å². The van der Waals surface area contributed by atoms with E-state index in [1.807, 2.05) is 26.0 Å². The van der Waals surface area contributed by atoms with Crippen molar-refractivity contribution in [1.29, 1.82) is 0 Å². The van der Waals surface area contributed by atoms with E-state index < -0.39 is 6.04 Å². The van der Waals surface area contributed by atoms with E-state index in [2.05, 4.69) is 34.5 Å². The average molecular weight is 470 g/mol. The number of halogens is 1. The molecule has 2 amide bonds. The summed E-state index contributed by atoms with van der Waals surface area (Å²) in [6, 6.07) is 16.3. The molecular weight excluding hydrogens is 437 g/mol. The van der Waals surface area contributed by atoms with Crippen molar-refractivity contribution in [2.75, 3.05) is 18.8 Å². The lowest BCUT2D eigenvalue weighted by Gasteiger charge is -2.34. The molecule has 0 aliphatic carbocycles. The third-order valence-electron chi connectivity index (χ3n) is 6.37. The Hall–Kier alpha value is -2.38. The molecule has 0 spiro atoms. The lowest BCUT2D eigenvalue weighted by molar-refractivity contribution is -0.142. The number of likely N-dealkylation sites (tertiary alicyclic amines) is 1. The monoisotopic (exact) mass is 469 g/mol. The fourth-order valence-electron chi connectivity index (χ4n) is 4.57. The lowest BCUT2D eigenvalue weighted by atomic mass is 10.0. The molecule has 2 atom stereocenters. The Morgan fingerprint density at radius 2 is 1.82 bits per heavy atom. The number of piperidine rings is 1. The third kappa shape index (κ3) is 5.76. The summed E-state index contributed by atoms with van der Waals surface area (Å²) in [6.45, 7) is 6.46. The number of nitrogens with one attached hydrogen (secondary N) is 1. The van der Waals surface area contributed by atoms with Gasteiger partial charge in [-0.3, -0.25) is 14.5 Å². The van der Waals surface area contributed by atoms with Crippen molar-refractivity contribution in [2.45, 2.75) is 50.7 Å². The Balaban J connectivity index is 1.38. The zero-order valence-electron chi connectivity index (χ0n) is 19.2. The van der Waals surface area contributed by atoms with Crippen LogP contribution in [0.15, 0.2) is 54.6 Å². The van der Waals surface area contributed by atoms with Crippen molar-refractivity contribution < 1.29 is 14.0 Å². The zero-order valence-corrected chi connectivity index (χ0v) is 20.1. The topological polar surface area (TPSA) is 52.7 Å². The molecule has 2 unspecified atom stereocenters. The molecule has 2 aliphatic heterocycles. The Morgan fingerprint density at radius 1 is 1.09 bits per heavy atom. The highest BCUT2D eigenvalue weighted by molar-refractivity contribution is 7.99. The number of carbonyl (C=O) groups excluding carboxylic acids is 2. The number of amides is 2. The highest BCUT2D eigenvalue weighted by Crippen LogP contribution is 2.42. The molecule has 5 nitrogen and oxygen atoms in total. The van der Waals surface area contributed by atoms with E-state index in [1.165, 1.54) is 29.5 Å². The van der Waals surface area contributed by atoms with Crippen LogP contribution in [0.1, 0.15) is 43.2 Å². The van der Waals surface area contributed by atoms with Crippen molar-refractivity contribution in [3.63, 3.8) is 0 Å². The molecule has 0 bridgehead atoms. The maximum absolute atomic E-state index is 13.8. The summed E-state index contributed by atoms with van der Waals surface area (Å²) in [6.07, 6.45) is 1.79. The van der Waals surface area contributed by atoms with Crippen LogP contribution in [0.3, 0.4) is 0 Å². The molecule has 2 aliphatic rings. The normalized spacial score (nSPS) is 22.0. The van der Waals surface area contributed by atoms with Gasteiger partial charge in [0.2, 0.25) is 11.8 Å². The third-order valence-corrected chi connectivity index (χ3v) is 7.69. The fourth-order valence-corrected chi connectivity index (χ4v) is 5.99. The minimum absolute atomic E-state index is 0.0768. The van der Waals surface area contributed by atoms with Crippen LogP contribution < -0.4 is 5.32 Å². The number of hydrogen-bond donors (Lipinski definition) is 1. The van der Waals surface area contributed by atoms with Crippen LogP contribution in [0.25, 0.3) is 0 Å². The van der Waals surface area contributed by atoms with E-state index in [-0.39, 0.29) is 35.0 Å². The quantitative estimate of drug-likeness (QED) is 0.689. The second kappa shape index (κ2) is 10.7. The molecule has 2 aromatic rings. The Morgan fingerprint density at radius 3 is 2.48 bits per heavy atom. The van der Waals surface area contributed by atoms with Gasteiger partial charge in [0.1, 0.15) is 17.2 Å². The highest BCUT2D eigenvalue weighted by Gasteiger charge is 2.43. The summed E-state index contributed by atoms with van der Waals surface area (Å²) >= 11 is 1.53. The van der Waals surface area contributed by atoms with Gasteiger partial charge in [-0.2, -0.15) is 0 Å². The number of benzene rings is 2. The largest absolute Gasteiger partial charge is 0.351 e. The summed E-state index contributed by atoms with van der Waals surface area (Å²) < 4.78 is 13.8. The maximum Gasteiger partial charge on any atom is 0.243 e. The van der Waals surface area contributed by atoms with Gasteiger partial charge in [0, 0.05) is 37.3 Å². The molecule has 4 rings (SSSR count). The van der Waals surface area contributed by atoms with Crippen LogP contribution in [0.4, 0.5) is 4.39 Å². The van der Waals surface area contributed by atoms with Gasteiger partial charge in [0.05, 0.1) is 0 Å². The SMILES string of the molecule is CC(C)C(=O)N1C(C(=O)NC2CCN(Cc3ccccc3)CC2)CSC1c1cccc(F)c1. The summed E-state index contributed by atoms with van der Waals surface area (Å²) in [4.78, 5) is 30.4. The van der Waals surface area contributed by atoms with Crippen LogP contribution in [-0.2, 0) is 16.1 Å². The molecule has 2 saturated heterocycles. The van der Waals surface area contributed by atoms with E-state index in [0.717, 1.165) is 38.0 Å². The molecule has 0 radical (unpaired) electrons. The summed E-state index contributed by atoms with van der Waals surface area (Å²) in [5.41, 5.74) is 2.02. The number of hydrogen-bond acceptors (Lipinski definition) is 4. The van der Waals surface area contributed by atoms with Crippen LogP contribution >= 0.6 is 11.8 Å². The molecule has 2 heterocycles. The van der Waals surface area contributed by atoms with Gasteiger partial charge in [0.15, 0.2) is 0 Å². The lowest BCUT2D eigenvalue weighted by Crippen LogP contribution is -2.53. The molecule has 176 valence electrons. The minimum atomic E-state index is -0.541. The number of rotatable bonds is 6. The minimum Gasteiger partial charge on any atom is -0.351 e. The van der Waals surface area contributed by atoms with Crippen LogP contribution in [-0.4, -0.2) is 52.5 Å². The van der Waals surface area contributed by atoms with Crippen molar-refractivity contribution >= 4 is 23.6 Å². The zero-order chi connectivity index (χ0) is 23.4. The second-order valence-corrected chi connectivity index (χ2v) is 10.3. The molecule has 2 fully saturated rings. The number of nitrogens with zero attached hydrogens (tertiary/aromatic N) is 2. The number of carbonyl (C=O) groups is 2. The Kier molecular flexibility index (Phi) is 7.71. The van der Waals surface area contributed by atoms with Crippen LogP contribution in [0.2, 0.25) is 0 Å². The van der Waals surface area contributed by atoms with Crippen LogP contribution in [0, 0.1) is 11.7 Å². The summed E-state index contributed by atoms with van der Waals surface area (Å²) in [5.74, 6) is -0.237. The summed E-state index contributed by atoms with van der Waals surface area (Å²) in [5, 5.41) is 2.86. The Bertz CT molecular complexity index is 963. The molecule has 1 N–H and O–H groups in total. The molecular formula is C26H32FN3O2S. The first kappa shape index (κ1) is 23.8. The van der Waals surface area contributed by atoms with Gasteiger partial charge in [0.25, 0.3) is 0 Å². The maximum atomic E-state index is 13.8. The van der Waals surface area contributed by atoms with Crippen molar-refractivity contribution in [3.8, 4) is 0 Å². The smallest absolute Gasteiger partial charge is 0.243 e. The predicted molar refractivity (Wildman–Crippen MR) is 130 cm³/mol. The average Bonchev–Trinajstić information content (AvgIpc) is 3.26. The number of thioether (sulfide) groups is 1. The first-order valence-corrected chi connectivity index (χ1v) is 12.7. The molecule has 0 aromatic heterocycles. The first-order valence-electron chi connectivity index (χ1n) is 11.7. The van der Waals surface area contributed by atoms with Gasteiger partial charge < -0.3 is 10.2 Å². The van der Waals surface area contributed by atoms with Gasteiger partial charge in [-0.25, -0.2) is 4.39 Å². The van der Waals surface area contributed by atoms with Gasteiger partial charge in [-0.05, 0) is 36.1 Å². The van der Waals surface area contributed by atoms with E-state index in [9.17, 15) is 14.0 Å². The molecule has 33 heavy (non-hydrogen) atoms. The van der Waals surface area contributed by atoms with E-state index in [1.54, 1.807) is 11.0 Å². The van der Waals surface area contributed by atoms with Crippen molar-refractivity contribution in [3.05, 3.63) is 71.5 Å². The van der Waals surface area contributed by atoms with Gasteiger partial charge in [-0.1, -0.05) is 56.3 Å². The predicted octanol–water partition coefficient (Wildman–Crippen LogP) is 4.21. The second-order valence-electron chi connectivity index (χ2n) is 9.20. The molecule has 0 saturated carbocycles. The van der Waals surface area contributed by atoms with Crippen LogP contribution in [0.5, 0.6) is 0 Å². The van der Waals surface area contributed by atoms with E-state index >= 15 is 0 Å². The summed E-state index contributed by atoms with van der Waals surface area (Å²) in [7, 11) is 0. The standard InChI is InChI=1S/C26H32FN3O2S/c1-18(2)25(32)30-23(17-33-26(30)20-9-6-10-21(27)15-20)24(31)28-22-11-13-29(14-12-22)16-19-7-4-3-5-8-19/h3-10,15,18,22-23,26H,11-14,16-17H2,1-2H3,(H,28,31). The van der Waals surface area contributed by atoms with Crippen molar-refractivity contribution in [2.24, 2.45) is 5.92 Å². The molecule has 7 heteroatoms.